The van der Waals surface area contributed by atoms with E-state index in [1.807, 2.05) is 25.5 Å². The maximum Gasteiger partial charge on any atom is 0.244 e. The first-order valence-corrected chi connectivity index (χ1v) is 8.26. The molecule has 0 radical (unpaired) electrons. The van der Waals surface area contributed by atoms with Gasteiger partial charge in [0.05, 0.1) is 6.61 Å². The molecule has 0 bridgehead atoms. The quantitative estimate of drug-likeness (QED) is 0.733. The second kappa shape index (κ2) is 7.78. The molecule has 1 N–H and O–H groups in total. The van der Waals surface area contributed by atoms with Crippen LogP contribution in [0, 0.1) is 0 Å². The summed E-state index contributed by atoms with van der Waals surface area (Å²) in [4.78, 5) is 0.339. The summed E-state index contributed by atoms with van der Waals surface area (Å²) < 4.78 is 33.3. The zero-order valence-electron chi connectivity index (χ0n) is 12.7. The minimum absolute atomic E-state index is 0.339. The van der Waals surface area contributed by atoms with Crippen LogP contribution in [0.5, 0.6) is 0 Å². The number of likely N-dealkylation sites (N-methyl/N-ethyl adjacent to an activating group) is 1. The third-order valence-corrected chi connectivity index (χ3v) is 5.11. The molecule has 0 aliphatic carbocycles. The number of methoxy groups -OCH3 is 1. The summed E-state index contributed by atoms with van der Waals surface area (Å²) in [7, 11) is -0.0201. The molecule has 1 aromatic rings. The largest absolute Gasteiger partial charge is 0.383 e. The van der Waals surface area contributed by atoms with Gasteiger partial charge in [0.2, 0.25) is 10.0 Å². The first-order valence-electron chi connectivity index (χ1n) is 6.82. The second-order valence-corrected chi connectivity index (χ2v) is 6.49. The SMILES string of the molecule is CCNCc1cc(S(=O)(=O)N(CC)CCOC)cn1C. The summed E-state index contributed by atoms with van der Waals surface area (Å²) in [5.41, 5.74) is 0.952. The number of ether oxygens (including phenoxy) is 1. The van der Waals surface area contributed by atoms with Gasteiger partial charge in [-0.15, -0.1) is 0 Å². The number of aryl methyl sites for hydroxylation is 1. The fourth-order valence-corrected chi connectivity index (χ4v) is 3.47. The van der Waals surface area contributed by atoms with Crippen molar-refractivity contribution in [3.05, 3.63) is 18.0 Å². The standard InChI is InChI=1S/C13H25N3O3S/c1-5-14-10-12-9-13(11-15(12)3)20(17,18)16(6-2)7-8-19-4/h9,11,14H,5-8,10H2,1-4H3. The van der Waals surface area contributed by atoms with Crippen molar-refractivity contribution in [2.24, 2.45) is 7.05 Å². The van der Waals surface area contributed by atoms with Crippen LogP contribution in [0.4, 0.5) is 0 Å². The average Bonchev–Trinajstić information content (AvgIpc) is 2.79. The molecule has 1 aromatic heterocycles. The highest BCUT2D eigenvalue weighted by Crippen LogP contribution is 2.18. The predicted octanol–water partition coefficient (Wildman–Crippen LogP) is 0.792. The summed E-state index contributed by atoms with van der Waals surface area (Å²) >= 11 is 0. The highest BCUT2D eigenvalue weighted by Gasteiger charge is 2.24. The van der Waals surface area contributed by atoms with Crippen LogP contribution in [0.2, 0.25) is 0 Å². The van der Waals surface area contributed by atoms with Crippen molar-refractivity contribution >= 4 is 10.0 Å². The van der Waals surface area contributed by atoms with Gasteiger partial charge >= 0.3 is 0 Å². The molecular weight excluding hydrogens is 278 g/mol. The van der Waals surface area contributed by atoms with Crippen molar-refractivity contribution in [3.8, 4) is 0 Å². The lowest BCUT2D eigenvalue weighted by Gasteiger charge is -2.19. The van der Waals surface area contributed by atoms with Crippen LogP contribution in [-0.2, 0) is 28.4 Å². The van der Waals surface area contributed by atoms with Crippen LogP contribution in [-0.4, -0.2) is 50.6 Å². The lowest BCUT2D eigenvalue weighted by molar-refractivity contribution is 0.180. The highest BCUT2D eigenvalue weighted by atomic mass is 32.2. The molecule has 0 amide bonds. The molecule has 20 heavy (non-hydrogen) atoms. The monoisotopic (exact) mass is 303 g/mol. The van der Waals surface area contributed by atoms with Gasteiger partial charge in [0.15, 0.2) is 0 Å². The van der Waals surface area contributed by atoms with Crippen LogP contribution in [0.3, 0.4) is 0 Å². The van der Waals surface area contributed by atoms with Gasteiger partial charge < -0.3 is 14.6 Å². The molecule has 0 atom stereocenters. The number of nitrogens with zero attached hydrogens (tertiary/aromatic N) is 2. The Morgan fingerprint density at radius 2 is 2.10 bits per heavy atom. The van der Waals surface area contributed by atoms with Gasteiger partial charge in [-0.3, -0.25) is 0 Å². The van der Waals surface area contributed by atoms with Crippen LogP contribution in [0.1, 0.15) is 19.5 Å². The highest BCUT2D eigenvalue weighted by molar-refractivity contribution is 7.89. The second-order valence-electron chi connectivity index (χ2n) is 4.55. The van der Waals surface area contributed by atoms with E-state index in [1.54, 1.807) is 19.4 Å². The number of rotatable bonds is 9. The molecule has 0 spiro atoms. The third kappa shape index (κ3) is 4.05. The van der Waals surface area contributed by atoms with Gasteiger partial charge in [0.1, 0.15) is 4.90 Å². The van der Waals surface area contributed by atoms with E-state index in [9.17, 15) is 8.42 Å². The van der Waals surface area contributed by atoms with Gasteiger partial charge in [0.25, 0.3) is 0 Å². The summed E-state index contributed by atoms with van der Waals surface area (Å²) in [5.74, 6) is 0. The van der Waals surface area contributed by atoms with Crippen molar-refractivity contribution in [1.29, 1.82) is 0 Å². The molecule has 1 heterocycles. The molecule has 6 nitrogen and oxygen atoms in total. The van der Waals surface area contributed by atoms with Gasteiger partial charge in [0, 0.05) is 45.7 Å². The van der Waals surface area contributed by atoms with Crippen LogP contribution >= 0.6 is 0 Å². The number of sulfonamides is 1. The maximum absolute atomic E-state index is 12.5. The van der Waals surface area contributed by atoms with Gasteiger partial charge in [-0.25, -0.2) is 8.42 Å². The molecule has 0 aromatic carbocycles. The Kier molecular flexibility index (Phi) is 6.67. The molecule has 1 rings (SSSR count). The van der Waals surface area contributed by atoms with Crippen LogP contribution in [0.15, 0.2) is 17.2 Å². The third-order valence-electron chi connectivity index (χ3n) is 3.17. The van der Waals surface area contributed by atoms with Crippen LogP contribution in [0.25, 0.3) is 0 Å². The number of nitrogens with one attached hydrogen (secondary N) is 1. The molecule has 0 fully saturated rings. The average molecular weight is 303 g/mol. The van der Waals surface area contributed by atoms with Gasteiger partial charge in [-0.1, -0.05) is 13.8 Å². The summed E-state index contributed by atoms with van der Waals surface area (Å²) in [5, 5.41) is 3.20. The fraction of sp³-hybridized carbons (Fsp3) is 0.692. The molecule has 0 aliphatic heterocycles. The van der Waals surface area contributed by atoms with Crippen molar-refractivity contribution in [3.63, 3.8) is 0 Å². The molecule has 0 saturated heterocycles. The molecule has 116 valence electrons. The van der Waals surface area contributed by atoms with Crippen molar-refractivity contribution < 1.29 is 13.2 Å². The predicted molar refractivity (Wildman–Crippen MR) is 79.1 cm³/mol. The fourth-order valence-electron chi connectivity index (χ4n) is 1.94. The van der Waals surface area contributed by atoms with E-state index in [-0.39, 0.29) is 0 Å². The first-order chi connectivity index (χ1) is 9.47. The van der Waals surface area contributed by atoms with E-state index in [1.165, 1.54) is 4.31 Å². The van der Waals surface area contributed by atoms with E-state index in [0.717, 1.165) is 12.2 Å². The van der Waals surface area contributed by atoms with Crippen molar-refractivity contribution in [2.75, 3.05) is 33.4 Å². The number of hydrogen-bond acceptors (Lipinski definition) is 4. The zero-order valence-corrected chi connectivity index (χ0v) is 13.5. The minimum Gasteiger partial charge on any atom is -0.383 e. The van der Waals surface area contributed by atoms with Crippen molar-refractivity contribution in [1.82, 2.24) is 14.2 Å². The Morgan fingerprint density at radius 1 is 1.40 bits per heavy atom. The summed E-state index contributed by atoms with van der Waals surface area (Å²) in [6.07, 6.45) is 1.66. The lowest BCUT2D eigenvalue weighted by atomic mass is 10.4. The van der Waals surface area contributed by atoms with E-state index < -0.39 is 10.0 Å². The smallest absolute Gasteiger partial charge is 0.244 e. The zero-order chi connectivity index (χ0) is 15.2. The summed E-state index contributed by atoms with van der Waals surface area (Å²) in [6, 6.07) is 1.73. The number of hydrogen-bond donors (Lipinski definition) is 1. The Hall–Kier alpha value is -0.890. The Morgan fingerprint density at radius 3 is 2.65 bits per heavy atom. The topological polar surface area (TPSA) is 63.6 Å². The molecule has 0 unspecified atom stereocenters. The molecule has 7 heteroatoms. The molecular formula is C13H25N3O3S. The van der Waals surface area contributed by atoms with Crippen LogP contribution < -0.4 is 5.32 Å². The molecule has 0 saturated carbocycles. The van der Waals surface area contributed by atoms with Gasteiger partial charge in [-0.05, 0) is 12.6 Å². The summed E-state index contributed by atoms with van der Waals surface area (Å²) in [6.45, 7) is 6.55. The van der Waals surface area contributed by atoms with Gasteiger partial charge in [-0.2, -0.15) is 4.31 Å². The number of aromatic nitrogens is 1. The normalized spacial score (nSPS) is 12.2. The van der Waals surface area contributed by atoms with E-state index >= 15 is 0 Å². The Labute approximate surface area is 121 Å². The lowest BCUT2D eigenvalue weighted by Crippen LogP contribution is -2.33. The maximum atomic E-state index is 12.5. The van der Waals surface area contributed by atoms with E-state index in [0.29, 0.717) is 31.1 Å². The molecule has 0 aliphatic rings. The van der Waals surface area contributed by atoms with Crippen molar-refractivity contribution in [2.45, 2.75) is 25.3 Å². The van der Waals surface area contributed by atoms with E-state index in [4.69, 9.17) is 4.74 Å². The Bertz CT molecular complexity index is 511. The minimum atomic E-state index is -3.45. The Balaban J connectivity index is 2.96. The first kappa shape index (κ1) is 17.2. The van der Waals surface area contributed by atoms with E-state index in [2.05, 4.69) is 5.32 Å².